The van der Waals surface area contributed by atoms with Gasteiger partial charge in [0.2, 0.25) is 5.91 Å². The van der Waals surface area contributed by atoms with E-state index in [9.17, 15) is 13.2 Å². The van der Waals surface area contributed by atoms with Crippen LogP contribution in [0, 0.1) is 0 Å². The fraction of sp³-hybridized carbons (Fsp3) is 0.263. The fourth-order valence-corrected chi connectivity index (χ4v) is 4.34. The van der Waals surface area contributed by atoms with Crippen molar-refractivity contribution in [1.29, 1.82) is 0 Å². The Morgan fingerprint density at radius 2 is 2.00 bits per heavy atom. The second kappa shape index (κ2) is 7.96. The van der Waals surface area contributed by atoms with E-state index in [4.69, 9.17) is 9.15 Å². The zero-order valence-electron chi connectivity index (χ0n) is 15.5. The van der Waals surface area contributed by atoms with Gasteiger partial charge in [-0.2, -0.15) is 0 Å². The molecule has 29 heavy (non-hydrogen) atoms. The minimum atomic E-state index is -3.79. The van der Waals surface area contributed by atoms with E-state index in [-0.39, 0.29) is 16.6 Å². The number of nitrogens with one attached hydrogen (secondary N) is 2. The second-order valence-electron chi connectivity index (χ2n) is 6.57. The summed E-state index contributed by atoms with van der Waals surface area (Å²) in [6, 6.07) is 11.3. The molecular weight excluding hydrogens is 414 g/mol. The normalized spacial score (nSPS) is 14.0. The third-order valence-corrected chi connectivity index (χ3v) is 6.47. The summed E-state index contributed by atoms with van der Waals surface area (Å²) in [5.41, 5.74) is 1.29. The first kappa shape index (κ1) is 19.6. The molecule has 1 aromatic heterocycles. The molecule has 3 aromatic rings. The highest BCUT2D eigenvalue weighted by molar-refractivity contribution is 7.99. The van der Waals surface area contributed by atoms with Gasteiger partial charge in [-0.15, -0.1) is 0 Å². The molecule has 1 heterocycles. The number of oxazole rings is 1. The van der Waals surface area contributed by atoms with Crippen LogP contribution in [0.5, 0.6) is 5.75 Å². The first-order valence-electron chi connectivity index (χ1n) is 8.92. The van der Waals surface area contributed by atoms with Gasteiger partial charge in [0.05, 0.1) is 17.8 Å². The molecule has 4 rings (SSSR count). The number of nitrogens with zero attached hydrogens (tertiary/aromatic N) is 1. The van der Waals surface area contributed by atoms with Gasteiger partial charge in [-0.3, -0.25) is 9.52 Å². The maximum absolute atomic E-state index is 12.7. The minimum Gasteiger partial charge on any atom is -0.497 e. The van der Waals surface area contributed by atoms with Crippen molar-refractivity contribution in [3.8, 4) is 5.75 Å². The third-order valence-electron chi connectivity index (χ3n) is 4.26. The molecule has 2 N–H and O–H groups in total. The number of fused-ring (bicyclic) bond motifs is 1. The first-order valence-corrected chi connectivity index (χ1v) is 11.4. The Morgan fingerprint density at radius 3 is 2.69 bits per heavy atom. The van der Waals surface area contributed by atoms with Crippen molar-refractivity contribution in [1.82, 2.24) is 10.3 Å². The van der Waals surface area contributed by atoms with Gasteiger partial charge in [0.25, 0.3) is 15.2 Å². The Balaban J connectivity index is 1.47. The molecule has 10 heteroatoms. The molecule has 0 saturated heterocycles. The Kier molecular flexibility index (Phi) is 5.37. The summed E-state index contributed by atoms with van der Waals surface area (Å²) in [6.07, 6.45) is 2.06. The third kappa shape index (κ3) is 4.83. The first-order chi connectivity index (χ1) is 13.9. The average molecular weight is 434 g/mol. The fourth-order valence-electron chi connectivity index (χ4n) is 2.61. The molecule has 0 unspecified atom stereocenters. The van der Waals surface area contributed by atoms with E-state index in [0.717, 1.165) is 12.8 Å². The highest BCUT2D eigenvalue weighted by atomic mass is 32.2. The Morgan fingerprint density at radius 1 is 1.24 bits per heavy atom. The van der Waals surface area contributed by atoms with Gasteiger partial charge in [-0.05, 0) is 55.3 Å². The van der Waals surface area contributed by atoms with Crippen molar-refractivity contribution in [3.63, 3.8) is 0 Å². The summed E-state index contributed by atoms with van der Waals surface area (Å²) in [5, 5.41) is 3.22. The molecule has 1 aliphatic rings. The molecule has 1 aliphatic carbocycles. The predicted molar refractivity (Wildman–Crippen MR) is 110 cm³/mol. The van der Waals surface area contributed by atoms with Crippen LogP contribution in [0.2, 0.25) is 0 Å². The number of thioether (sulfide) groups is 1. The number of hydrogen-bond acceptors (Lipinski definition) is 7. The number of benzene rings is 2. The quantitative estimate of drug-likeness (QED) is 0.525. The van der Waals surface area contributed by atoms with Crippen LogP contribution in [-0.2, 0) is 14.8 Å². The number of sulfonamides is 1. The van der Waals surface area contributed by atoms with Crippen LogP contribution in [0.15, 0.2) is 57.0 Å². The van der Waals surface area contributed by atoms with E-state index >= 15 is 0 Å². The van der Waals surface area contributed by atoms with E-state index in [1.54, 1.807) is 37.4 Å². The molecule has 0 spiro atoms. The van der Waals surface area contributed by atoms with Crippen molar-refractivity contribution in [2.24, 2.45) is 0 Å². The second-order valence-corrected chi connectivity index (χ2v) is 9.18. The summed E-state index contributed by atoms with van der Waals surface area (Å²) in [7, 11) is -2.25. The Hall–Kier alpha value is -2.72. The molecule has 152 valence electrons. The van der Waals surface area contributed by atoms with Crippen LogP contribution in [0.1, 0.15) is 12.8 Å². The molecule has 8 nitrogen and oxygen atoms in total. The number of anilines is 1. The number of carbonyl (C=O) groups excluding carboxylic acids is 1. The van der Waals surface area contributed by atoms with Crippen molar-refractivity contribution in [3.05, 3.63) is 42.5 Å². The van der Waals surface area contributed by atoms with Crippen LogP contribution >= 0.6 is 11.8 Å². The largest absolute Gasteiger partial charge is 0.497 e. The smallest absolute Gasteiger partial charge is 0.261 e. The van der Waals surface area contributed by atoms with E-state index in [1.807, 2.05) is 0 Å². The zero-order valence-corrected chi connectivity index (χ0v) is 17.2. The van der Waals surface area contributed by atoms with Gasteiger partial charge >= 0.3 is 0 Å². The van der Waals surface area contributed by atoms with Gasteiger partial charge in [-0.1, -0.05) is 11.8 Å². The average Bonchev–Trinajstić information content (AvgIpc) is 3.41. The van der Waals surface area contributed by atoms with Crippen LogP contribution in [0.25, 0.3) is 11.1 Å². The Bertz CT molecular complexity index is 1140. The van der Waals surface area contributed by atoms with E-state index in [1.165, 1.54) is 23.9 Å². The number of ether oxygens (including phenoxy) is 1. The van der Waals surface area contributed by atoms with Gasteiger partial charge in [0.1, 0.15) is 11.3 Å². The standard InChI is InChI=1S/C19H19N3O5S2/c1-26-14-6-4-13(5-7-14)22-29(24,25)15-8-9-17-16(10-15)21-19(27-17)28-11-18(23)20-12-2-3-12/h4-10,12,22H,2-3,11H2,1H3,(H,20,23). The number of hydrogen-bond donors (Lipinski definition) is 2. The lowest BCUT2D eigenvalue weighted by Gasteiger charge is -2.08. The van der Waals surface area contributed by atoms with Crippen molar-refractivity contribution < 1.29 is 22.4 Å². The zero-order chi connectivity index (χ0) is 20.4. The lowest BCUT2D eigenvalue weighted by Crippen LogP contribution is -2.26. The molecule has 0 radical (unpaired) electrons. The van der Waals surface area contributed by atoms with Crippen LogP contribution in [0.4, 0.5) is 5.69 Å². The summed E-state index contributed by atoms with van der Waals surface area (Å²) < 4.78 is 38.5. The van der Waals surface area contributed by atoms with E-state index in [0.29, 0.717) is 33.8 Å². The van der Waals surface area contributed by atoms with Gasteiger partial charge in [0.15, 0.2) is 5.58 Å². The van der Waals surface area contributed by atoms with Gasteiger partial charge in [0, 0.05) is 11.7 Å². The Labute approximate surface area is 172 Å². The maximum atomic E-state index is 12.7. The number of carbonyl (C=O) groups is 1. The minimum absolute atomic E-state index is 0.0632. The summed E-state index contributed by atoms with van der Waals surface area (Å²) in [5.74, 6) is 0.771. The maximum Gasteiger partial charge on any atom is 0.261 e. The topological polar surface area (TPSA) is 111 Å². The lowest BCUT2D eigenvalue weighted by molar-refractivity contribution is -0.118. The number of methoxy groups -OCH3 is 1. The molecule has 1 saturated carbocycles. The molecule has 0 bridgehead atoms. The SMILES string of the molecule is COc1ccc(NS(=O)(=O)c2ccc3oc(SCC(=O)NC4CC4)nc3c2)cc1. The number of aromatic nitrogens is 1. The number of rotatable bonds is 8. The van der Waals surface area contributed by atoms with Crippen molar-refractivity contribution in [2.45, 2.75) is 29.0 Å². The van der Waals surface area contributed by atoms with E-state index in [2.05, 4.69) is 15.0 Å². The molecular formula is C19H19N3O5S2. The summed E-state index contributed by atoms with van der Waals surface area (Å²) in [4.78, 5) is 16.1. The monoisotopic (exact) mass is 433 g/mol. The lowest BCUT2D eigenvalue weighted by atomic mass is 10.3. The van der Waals surface area contributed by atoms with Crippen molar-refractivity contribution in [2.75, 3.05) is 17.6 Å². The van der Waals surface area contributed by atoms with Gasteiger partial charge < -0.3 is 14.5 Å². The van der Waals surface area contributed by atoms with Gasteiger partial charge in [-0.25, -0.2) is 13.4 Å². The molecule has 1 fully saturated rings. The predicted octanol–water partition coefficient (Wildman–Crippen LogP) is 3.01. The number of amides is 1. The van der Waals surface area contributed by atoms with Crippen molar-refractivity contribution >= 4 is 44.5 Å². The summed E-state index contributed by atoms with van der Waals surface area (Å²) in [6.45, 7) is 0. The van der Waals surface area contributed by atoms with Crippen LogP contribution in [-0.4, -0.2) is 38.2 Å². The van der Waals surface area contributed by atoms with Crippen LogP contribution < -0.4 is 14.8 Å². The highest BCUT2D eigenvalue weighted by Gasteiger charge is 2.23. The molecule has 0 atom stereocenters. The highest BCUT2D eigenvalue weighted by Crippen LogP contribution is 2.27. The van der Waals surface area contributed by atoms with E-state index < -0.39 is 10.0 Å². The molecule has 2 aromatic carbocycles. The molecule has 0 aliphatic heterocycles. The van der Waals surface area contributed by atoms with Crippen LogP contribution in [0.3, 0.4) is 0 Å². The molecule has 1 amide bonds. The summed E-state index contributed by atoms with van der Waals surface area (Å²) >= 11 is 1.18.